The molecule has 0 amide bonds. The van der Waals surface area contributed by atoms with Crippen molar-refractivity contribution in [1.82, 2.24) is 5.32 Å². The van der Waals surface area contributed by atoms with Crippen molar-refractivity contribution in [3.8, 4) is 11.5 Å². The summed E-state index contributed by atoms with van der Waals surface area (Å²) < 4.78 is 15.6. The number of hydrogen-bond acceptors (Lipinski definition) is 4. The molecular weight excluding hydrogens is 242 g/mol. The van der Waals surface area contributed by atoms with E-state index in [1.54, 1.807) is 21.3 Å². The molecular formula is C15H25NO3. The lowest BCUT2D eigenvalue weighted by Gasteiger charge is -2.26. The number of methoxy groups -OCH3 is 3. The van der Waals surface area contributed by atoms with Crippen molar-refractivity contribution in [1.29, 1.82) is 0 Å². The fourth-order valence-electron chi connectivity index (χ4n) is 1.93. The monoisotopic (exact) mass is 267 g/mol. The van der Waals surface area contributed by atoms with Gasteiger partial charge in [-0.05, 0) is 17.7 Å². The lowest BCUT2D eigenvalue weighted by atomic mass is 9.84. The van der Waals surface area contributed by atoms with Gasteiger partial charge in [-0.3, -0.25) is 0 Å². The SMILES string of the molecule is COCCNCC(C)(C)c1ccc(OC)c(OC)c1. The molecule has 0 aromatic heterocycles. The van der Waals surface area contributed by atoms with Gasteiger partial charge in [0.1, 0.15) is 0 Å². The summed E-state index contributed by atoms with van der Waals surface area (Å²) in [6.07, 6.45) is 0. The summed E-state index contributed by atoms with van der Waals surface area (Å²) in [4.78, 5) is 0. The van der Waals surface area contributed by atoms with Crippen molar-refractivity contribution < 1.29 is 14.2 Å². The van der Waals surface area contributed by atoms with E-state index in [1.165, 1.54) is 5.56 Å². The molecule has 0 unspecified atom stereocenters. The summed E-state index contributed by atoms with van der Waals surface area (Å²) >= 11 is 0. The third-order valence-electron chi connectivity index (χ3n) is 3.21. The molecule has 0 aliphatic carbocycles. The highest BCUT2D eigenvalue weighted by Gasteiger charge is 2.21. The van der Waals surface area contributed by atoms with E-state index >= 15 is 0 Å². The topological polar surface area (TPSA) is 39.7 Å². The van der Waals surface area contributed by atoms with Crippen LogP contribution in [0.25, 0.3) is 0 Å². The van der Waals surface area contributed by atoms with Gasteiger partial charge >= 0.3 is 0 Å². The van der Waals surface area contributed by atoms with E-state index in [9.17, 15) is 0 Å². The van der Waals surface area contributed by atoms with Crippen LogP contribution in [-0.2, 0) is 10.2 Å². The number of nitrogens with one attached hydrogen (secondary N) is 1. The highest BCUT2D eigenvalue weighted by Crippen LogP contribution is 2.32. The molecule has 0 saturated heterocycles. The zero-order valence-electron chi connectivity index (χ0n) is 12.6. The second kappa shape index (κ2) is 7.36. The van der Waals surface area contributed by atoms with E-state index in [0.29, 0.717) is 0 Å². The van der Waals surface area contributed by atoms with Crippen molar-refractivity contribution in [2.45, 2.75) is 19.3 Å². The van der Waals surface area contributed by atoms with Gasteiger partial charge in [-0.2, -0.15) is 0 Å². The number of hydrogen-bond donors (Lipinski definition) is 1. The molecule has 4 heteroatoms. The van der Waals surface area contributed by atoms with Crippen molar-refractivity contribution >= 4 is 0 Å². The summed E-state index contributed by atoms with van der Waals surface area (Å²) in [6, 6.07) is 6.07. The van der Waals surface area contributed by atoms with Gasteiger partial charge in [-0.1, -0.05) is 19.9 Å². The standard InChI is InChI=1S/C15H25NO3/c1-15(2,11-16-8-9-17-3)12-6-7-13(18-4)14(10-12)19-5/h6-7,10,16H,8-9,11H2,1-5H3. The third-order valence-corrected chi connectivity index (χ3v) is 3.21. The molecule has 0 spiro atoms. The second-order valence-corrected chi connectivity index (χ2v) is 5.12. The molecule has 19 heavy (non-hydrogen) atoms. The fraction of sp³-hybridized carbons (Fsp3) is 0.600. The molecule has 1 rings (SSSR count). The predicted molar refractivity (Wildman–Crippen MR) is 77.3 cm³/mol. The Morgan fingerprint density at radius 2 is 1.74 bits per heavy atom. The Labute approximate surface area is 116 Å². The molecule has 0 heterocycles. The van der Waals surface area contributed by atoms with Gasteiger partial charge in [0.15, 0.2) is 11.5 Å². The highest BCUT2D eigenvalue weighted by atomic mass is 16.5. The number of benzene rings is 1. The number of rotatable bonds is 8. The summed E-state index contributed by atoms with van der Waals surface area (Å²) in [5, 5.41) is 3.39. The van der Waals surface area contributed by atoms with E-state index < -0.39 is 0 Å². The number of ether oxygens (including phenoxy) is 3. The van der Waals surface area contributed by atoms with Gasteiger partial charge in [0.05, 0.1) is 20.8 Å². The summed E-state index contributed by atoms with van der Waals surface area (Å²) in [5.41, 5.74) is 1.24. The lowest BCUT2D eigenvalue weighted by molar-refractivity contribution is 0.197. The Kier molecular flexibility index (Phi) is 6.12. The Morgan fingerprint density at radius 3 is 2.32 bits per heavy atom. The summed E-state index contributed by atoms with van der Waals surface area (Å²) in [5.74, 6) is 1.53. The van der Waals surface area contributed by atoms with Crippen LogP contribution >= 0.6 is 0 Å². The minimum absolute atomic E-state index is 0.0211. The van der Waals surface area contributed by atoms with Crippen LogP contribution in [0.5, 0.6) is 11.5 Å². The van der Waals surface area contributed by atoms with E-state index in [2.05, 4.69) is 25.2 Å². The Balaban J connectivity index is 2.76. The predicted octanol–water partition coefficient (Wildman–Crippen LogP) is 2.22. The molecule has 0 bridgehead atoms. The Morgan fingerprint density at radius 1 is 1.05 bits per heavy atom. The van der Waals surface area contributed by atoms with E-state index in [1.807, 2.05) is 12.1 Å². The van der Waals surface area contributed by atoms with Crippen LogP contribution in [0.3, 0.4) is 0 Å². The molecule has 4 nitrogen and oxygen atoms in total. The zero-order valence-corrected chi connectivity index (χ0v) is 12.6. The van der Waals surface area contributed by atoms with Crippen molar-refractivity contribution in [2.24, 2.45) is 0 Å². The molecule has 0 aliphatic heterocycles. The van der Waals surface area contributed by atoms with Crippen molar-refractivity contribution in [2.75, 3.05) is 41.0 Å². The van der Waals surface area contributed by atoms with Gasteiger partial charge in [-0.15, -0.1) is 0 Å². The van der Waals surface area contributed by atoms with E-state index in [-0.39, 0.29) is 5.41 Å². The molecule has 108 valence electrons. The normalized spacial score (nSPS) is 11.4. The van der Waals surface area contributed by atoms with Crippen LogP contribution in [0.2, 0.25) is 0 Å². The summed E-state index contributed by atoms with van der Waals surface area (Å²) in [7, 11) is 5.02. The Hall–Kier alpha value is -1.26. The molecule has 0 atom stereocenters. The summed E-state index contributed by atoms with van der Waals surface area (Å²) in [6.45, 7) is 6.86. The van der Waals surface area contributed by atoms with Crippen LogP contribution < -0.4 is 14.8 Å². The fourth-order valence-corrected chi connectivity index (χ4v) is 1.93. The van der Waals surface area contributed by atoms with Crippen molar-refractivity contribution in [3.63, 3.8) is 0 Å². The highest BCUT2D eigenvalue weighted by molar-refractivity contribution is 5.45. The van der Waals surface area contributed by atoms with E-state index in [4.69, 9.17) is 14.2 Å². The lowest BCUT2D eigenvalue weighted by Crippen LogP contribution is -2.34. The van der Waals surface area contributed by atoms with Crippen LogP contribution in [0, 0.1) is 0 Å². The maximum Gasteiger partial charge on any atom is 0.161 e. The van der Waals surface area contributed by atoms with E-state index in [0.717, 1.165) is 31.2 Å². The first-order valence-corrected chi connectivity index (χ1v) is 6.47. The van der Waals surface area contributed by atoms with Gasteiger partial charge in [-0.25, -0.2) is 0 Å². The second-order valence-electron chi connectivity index (χ2n) is 5.12. The van der Waals surface area contributed by atoms with Gasteiger partial charge < -0.3 is 19.5 Å². The van der Waals surface area contributed by atoms with Gasteiger partial charge in [0.25, 0.3) is 0 Å². The average molecular weight is 267 g/mol. The minimum atomic E-state index is 0.0211. The largest absolute Gasteiger partial charge is 0.493 e. The molecule has 1 N–H and O–H groups in total. The van der Waals surface area contributed by atoms with Gasteiger partial charge in [0, 0.05) is 25.6 Å². The smallest absolute Gasteiger partial charge is 0.161 e. The van der Waals surface area contributed by atoms with Crippen LogP contribution in [0.15, 0.2) is 18.2 Å². The van der Waals surface area contributed by atoms with Crippen molar-refractivity contribution in [3.05, 3.63) is 23.8 Å². The maximum atomic E-state index is 5.35. The Bertz CT molecular complexity index is 391. The molecule has 0 fully saturated rings. The minimum Gasteiger partial charge on any atom is -0.493 e. The maximum absolute atomic E-state index is 5.35. The molecule has 0 saturated carbocycles. The molecule has 0 aliphatic rings. The third kappa shape index (κ3) is 4.40. The molecule has 1 aromatic carbocycles. The van der Waals surface area contributed by atoms with Gasteiger partial charge in [0.2, 0.25) is 0 Å². The van der Waals surface area contributed by atoms with Crippen LogP contribution in [0.1, 0.15) is 19.4 Å². The molecule has 0 radical (unpaired) electrons. The average Bonchev–Trinajstić information content (AvgIpc) is 2.42. The van der Waals surface area contributed by atoms with Crippen LogP contribution in [-0.4, -0.2) is 41.0 Å². The first-order chi connectivity index (χ1) is 9.05. The quantitative estimate of drug-likeness (QED) is 0.733. The first-order valence-electron chi connectivity index (χ1n) is 6.47. The van der Waals surface area contributed by atoms with Crippen LogP contribution in [0.4, 0.5) is 0 Å². The zero-order chi connectivity index (χ0) is 14.3. The molecule has 1 aromatic rings. The first kappa shape index (κ1) is 15.8.